The highest BCUT2D eigenvalue weighted by molar-refractivity contribution is 6.07. The summed E-state index contributed by atoms with van der Waals surface area (Å²) >= 11 is 0. The van der Waals surface area contributed by atoms with E-state index in [2.05, 4.69) is 0 Å². The highest BCUT2D eigenvalue weighted by Gasteiger charge is 2.08. The van der Waals surface area contributed by atoms with Gasteiger partial charge in [0.05, 0.1) is 14.2 Å². The Morgan fingerprint density at radius 2 is 1.88 bits per heavy atom. The number of phenolic OH excluding ortho intramolecular Hbond substituents is 1. The molecule has 0 aliphatic carbocycles. The number of nitrogens with zero attached hydrogens (tertiary/aromatic N) is 1. The topological polar surface area (TPSA) is 88.8 Å². The van der Waals surface area contributed by atoms with E-state index in [0.29, 0.717) is 17.1 Å². The molecule has 0 bridgehead atoms. The van der Waals surface area contributed by atoms with Crippen LogP contribution in [0, 0.1) is 11.3 Å². The molecule has 0 unspecified atom stereocenters. The first-order valence-corrected chi connectivity index (χ1v) is 7.36. The fraction of sp³-hybridized carbons (Fsp3) is 0.158. The Kier molecular flexibility index (Phi) is 6.02. The number of carbonyl (C=O) groups is 1. The number of aromatic hydroxyl groups is 1. The molecule has 6 heteroatoms. The normalized spacial score (nSPS) is 10.3. The first-order chi connectivity index (χ1) is 12.1. The quantitative estimate of drug-likeness (QED) is 0.615. The first-order valence-electron chi connectivity index (χ1n) is 7.36. The number of hydrogen-bond donors (Lipinski definition) is 1. The summed E-state index contributed by atoms with van der Waals surface area (Å²) in [6.07, 6.45) is 3.05. The molecule has 0 aliphatic heterocycles. The van der Waals surface area contributed by atoms with Crippen LogP contribution in [-0.4, -0.2) is 31.7 Å². The van der Waals surface area contributed by atoms with Gasteiger partial charge in [-0.15, -0.1) is 0 Å². The lowest BCUT2D eigenvalue weighted by atomic mass is 10.1. The van der Waals surface area contributed by atoms with Crippen LogP contribution >= 0.6 is 0 Å². The standard InChI is InChI=1S/C19H17NO5/c1-23-18-12-14(5-7-16(18)22)15(21)6-3-13-4-8-17(25-10-9-20)19(11-13)24-2/h3-8,11-12,22H,10H2,1-2H3/b6-3+. The predicted octanol–water partition coefficient (Wildman–Crippen LogP) is 3.21. The Labute approximate surface area is 145 Å². The number of nitriles is 1. The van der Waals surface area contributed by atoms with Crippen molar-refractivity contribution in [2.75, 3.05) is 20.8 Å². The summed E-state index contributed by atoms with van der Waals surface area (Å²) in [7, 11) is 2.91. The van der Waals surface area contributed by atoms with Crippen molar-refractivity contribution in [1.82, 2.24) is 0 Å². The minimum atomic E-state index is -0.234. The number of ether oxygens (including phenoxy) is 3. The largest absolute Gasteiger partial charge is 0.504 e. The number of phenols is 1. The van der Waals surface area contributed by atoms with Crippen molar-refractivity contribution in [1.29, 1.82) is 5.26 Å². The summed E-state index contributed by atoms with van der Waals surface area (Å²) < 4.78 is 15.5. The van der Waals surface area contributed by atoms with Crippen LogP contribution < -0.4 is 14.2 Å². The predicted molar refractivity (Wildman–Crippen MR) is 92.1 cm³/mol. The van der Waals surface area contributed by atoms with Crippen LogP contribution in [0.3, 0.4) is 0 Å². The van der Waals surface area contributed by atoms with Crippen LogP contribution in [0.5, 0.6) is 23.0 Å². The third-order valence-electron chi connectivity index (χ3n) is 3.37. The van der Waals surface area contributed by atoms with E-state index in [9.17, 15) is 9.90 Å². The first kappa shape index (κ1) is 17.9. The van der Waals surface area contributed by atoms with Crippen LogP contribution in [0.15, 0.2) is 42.5 Å². The second-order valence-corrected chi connectivity index (χ2v) is 4.94. The molecule has 0 aliphatic rings. The Balaban J connectivity index is 2.18. The molecule has 0 fully saturated rings. The molecule has 0 saturated heterocycles. The van der Waals surface area contributed by atoms with Crippen molar-refractivity contribution in [3.63, 3.8) is 0 Å². The molecule has 0 saturated carbocycles. The van der Waals surface area contributed by atoms with Gasteiger partial charge < -0.3 is 19.3 Å². The third kappa shape index (κ3) is 4.52. The Hall–Kier alpha value is -3.46. The Bertz CT molecular complexity index is 836. The molecule has 0 aromatic heterocycles. The van der Waals surface area contributed by atoms with Crippen molar-refractivity contribution < 1.29 is 24.1 Å². The lowest BCUT2D eigenvalue weighted by Crippen LogP contribution is -1.97. The van der Waals surface area contributed by atoms with Gasteiger partial charge in [0.15, 0.2) is 35.4 Å². The van der Waals surface area contributed by atoms with Gasteiger partial charge in [0.1, 0.15) is 6.07 Å². The van der Waals surface area contributed by atoms with Gasteiger partial charge in [-0.1, -0.05) is 12.1 Å². The number of methoxy groups -OCH3 is 2. The van der Waals surface area contributed by atoms with Gasteiger partial charge in [0.25, 0.3) is 0 Å². The molecule has 2 aromatic rings. The van der Waals surface area contributed by atoms with Gasteiger partial charge in [-0.3, -0.25) is 4.79 Å². The number of rotatable bonds is 7. The summed E-state index contributed by atoms with van der Waals surface area (Å²) in [4.78, 5) is 12.2. The monoisotopic (exact) mass is 339 g/mol. The molecule has 2 rings (SSSR count). The summed E-state index contributed by atoms with van der Waals surface area (Å²) in [6, 6.07) is 11.4. The van der Waals surface area contributed by atoms with Gasteiger partial charge in [0, 0.05) is 5.56 Å². The molecular formula is C19H17NO5. The van der Waals surface area contributed by atoms with Gasteiger partial charge in [-0.25, -0.2) is 0 Å². The molecular weight excluding hydrogens is 322 g/mol. The van der Waals surface area contributed by atoms with E-state index in [0.717, 1.165) is 5.56 Å². The number of ketones is 1. The van der Waals surface area contributed by atoms with Crippen molar-refractivity contribution in [2.24, 2.45) is 0 Å². The zero-order valence-corrected chi connectivity index (χ0v) is 13.9. The summed E-state index contributed by atoms with van der Waals surface area (Å²) in [5.74, 6) is 0.898. The second kappa shape index (κ2) is 8.41. The maximum atomic E-state index is 12.2. The molecule has 0 radical (unpaired) electrons. The minimum absolute atomic E-state index is 0.0271. The van der Waals surface area contributed by atoms with Crippen molar-refractivity contribution in [2.45, 2.75) is 0 Å². The van der Waals surface area contributed by atoms with Crippen molar-refractivity contribution in [3.8, 4) is 29.1 Å². The zero-order valence-electron chi connectivity index (χ0n) is 13.9. The third-order valence-corrected chi connectivity index (χ3v) is 3.37. The van der Waals surface area contributed by atoms with E-state index in [1.807, 2.05) is 6.07 Å². The maximum Gasteiger partial charge on any atom is 0.185 e. The van der Waals surface area contributed by atoms with Gasteiger partial charge in [-0.05, 0) is 42.0 Å². The molecule has 25 heavy (non-hydrogen) atoms. The van der Waals surface area contributed by atoms with Crippen LogP contribution in [0.4, 0.5) is 0 Å². The van der Waals surface area contributed by atoms with Gasteiger partial charge in [0.2, 0.25) is 0 Å². The molecule has 0 atom stereocenters. The van der Waals surface area contributed by atoms with E-state index >= 15 is 0 Å². The number of allylic oxidation sites excluding steroid dienone is 1. The molecule has 128 valence electrons. The molecule has 0 heterocycles. The number of benzene rings is 2. The molecule has 6 nitrogen and oxygen atoms in total. The maximum absolute atomic E-state index is 12.2. The van der Waals surface area contributed by atoms with E-state index in [-0.39, 0.29) is 23.9 Å². The highest BCUT2D eigenvalue weighted by atomic mass is 16.5. The summed E-state index contributed by atoms with van der Waals surface area (Å²) in [5.41, 5.74) is 1.13. The summed E-state index contributed by atoms with van der Waals surface area (Å²) in [6.45, 7) is -0.0767. The fourth-order valence-corrected chi connectivity index (χ4v) is 2.12. The lowest BCUT2D eigenvalue weighted by molar-refractivity contribution is 0.104. The smallest absolute Gasteiger partial charge is 0.185 e. The Morgan fingerprint density at radius 3 is 2.56 bits per heavy atom. The molecule has 1 N–H and O–H groups in total. The average molecular weight is 339 g/mol. The zero-order chi connectivity index (χ0) is 18.2. The van der Waals surface area contributed by atoms with E-state index in [1.165, 1.54) is 38.5 Å². The van der Waals surface area contributed by atoms with Crippen molar-refractivity contribution in [3.05, 3.63) is 53.6 Å². The van der Waals surface area contributed by atoms with Crippen LogP contribution in [0.2, 0.25) is 0 Å². The van der Waals surface area contributed by atoms with Gasteiger partial charge >= 0.3 is 0 Å². The minimum Gasteiger partial charge on any atom is -0.504 e. The van der Waals surface area contributed by atoms with E-state index < -0.39 is 0 Å². The van der Waals surface area contributed by atoms with E-state index in [4.69, 9.17) is 19.5 Å². The highest BCUT2D eigenvalue weighted by Crippen LogP contribution is 2.29. The second-order valence-electron chi connectivity index (χ2n) is 4.94. The fourth-order valence-electron chi connectivity index (χ4n) is 2.12. The van der Waals surface area contributed by atoms with Gasteiger partial charge in [-0.2, -0.15) is 5.26 Å². The van der Waals surface area contributed by atoms with Crippen LogP contribution in [0.25, 0.3) is 6.08 Å². The number of carbonyl (C=O) groups excluding carboxylic acids is 1. The van der Waals surface area contributed by atoms with Crippen LogP contribution in [0.1, 0.15) is 15.9 Å². The van der Waals surface area contributed by atoms with Crippen LogP contribution in [-0.2, 0) is 0 Å². The number of hydrogen-bond acceptors (Lipinski definition) is 6. The lowest BCUT2D eigenvalue weighted by Gasteiger charge is -2.08. The SMILES string of the molecule is COc1cc(C(=O)/C=C/c2ccc(OCC#N)c(OC)c2)ccc1O. The molecule has 0 spiro atoms. The molecule has 2 aromatic carbocycles. The van der Waals surface area contributed by atoms with E-state index in [1.54, 1.807) is 24.3 Å². The summed E-state index contributed by atoms with van der Waals surface area (Å²) in [5, 5.41) is 18.1. The van der Waals surface area contributed by atoms with Crippen molar-refractivity contribution >= 4 is 11.9 Å². The molecule has 0 amide bonds. The average Bonchev–Trinajstić information content (AvgIpc) is 2.64. The Morgan fingerprint density at radius 1 is 1.12 bits per heavy atom.